The summed E-state index contributed by atoms with van der Waals surface area (Å²) in [4.78, 5) is 11.9. The molecule has 1 aliphatic rings. The molecule has 2 nitrogen and oxygen atoms in total. The van der Waals surface area contributed by atoms with Gasteiger partial charge in [-0.1, -0.05) is 13.0 Å². The van der Waals surface area contributed by atoms with Gasteiger partial charge in [0.05, 0.1) is 0 Å². The Bertz CT molecular complexity index is 409. The predicted molar refractivity (Wildman–Crippen MR) is 60.6 cm³/mol. The van der Waals surface area contributed by atoms with Crippen LogP contribution in [0.4, 0.5) is 8.78 Å². The molecule has 0 aromatic heterocycles. The van der Waals surface area contributed by atoms with E-state index in [4.69, 9.17) is 0 Å². The van der Waals surface area contributed by atoms with Gasteiger partial charge in [-0.05, 0) is 31.1 Å². The van der Waals surface area contributed by atoms with E-state index in [1.165, 1.54) is 18.2 Å². The number of hydrogen-bond donors (Lipinski definition) is 1. The summed E-state index contributed by atoms with van der Waals surface area (Å²) in [5.41, 5.74) is -0.114. The number of carbonyl (C=O) groups is 1. The third-order valence-electron chi connectivity index (χ3n) is 3.44. The Morgan fingerprint density at radius 1 is 1.41 bits per heavy atom. The summed E-state index contributed by atoms with van der Waals surface area (Å²) >= 11 is 0. The molecule has 1 aromatic rings. The quantitative estimate of drug-likeness (QED) is 0.870. The van der Waals surface area contributed by atoms with Gasteiger partial charge in [-0.2, -0.15) is 0 Å². The standard InChI is InChI=1S/C13H15F2NO/c1-8(9-6-16-7-9)13(17)5-10-11(14)3-2-4-12(10)15/h2-4,8-9,16H,5-7H2,1H3. The maximum absolute atomic E-state index is 13.4. The first-order chi connectivity index (χ1) is 8.09. The molecule has 0 aliphatic carbocycles. The second-order valence-electron chi connectivity index (χ2n) is 4.55. The average molecular weight is 239 g/mol. The largest absolute Gasteiger partial charge is 0.316 e. The first-order valence-electron chi connectivity index (χ1n) is 5.76. The van der Waals surface area contributed by atoms with Gasteiger partial charge < -0.3 is 5.32 Å². The summed E-state index contributed by atoms with van der Waals surface area (Å²) in [5, 5.41) is 3.08. The fourth-order valence-corrected chi connectivity index (χ4v) is 1.96. The Kier molecular flexibility index (Phi) is 3.52. The average Bonchev–Trinajstić information content (AvgIpc) is 2.21. The summed E-state index contributed by atoms with van der Waals surface area (Å²) in [6.45, 7) is 3.45. The molecule has 0 radical (unpaired) electrons. The molecule has 0 bridgehead atoms. The lowest BCUT2D eigenvalue weighted by molar-refractivity contribution is -0.123. The Hall–Kier alpha value is -1.29. The maximum atomic E-state index is 13.4. The van der Waals surface area contributed by atoms with Gasteiger partial charge >= 0.3 is 0 Å². The van der Waals surface area contributed by atoms with Crippen LogP contribution in [0.1, 0.15) is 12.5 Å². The lowest BCUT2D eigenvalue weighted by Gasteiger charge is -2.31. The number of halogens is 2. The van der Waals surface area contributed by atoms with Crippen LogP contribution in [-0.2, 0) is 11.2 Å². The zero-order chi connectivity index (χ0) is 12.4. The van der Waals surface area contributed by atoms with Crippen LogP contribution in [0.15, 0.2) is 18.2 Å². The Morgan fingerprint density at radius 2 is 2.00 bits per heavy atom. The number of hydrogen-bond acceptors (Lipinski definition) is 2. The number of nitrogens with one attached hydrogen (secondary N) is 1. The molecule has 17 heavy (non-hydrogen) atoms. The van der Waals surface area contributed by atoms with E-state index < -0.39 is 11.6 Å². The molecule has 0 amide bonds. The van der Waals surface area contributed by atoms with Gasteiger partial charge in [-0.25, -0.2) is 8.78 Å². The first-order valence-corrected chi connectivity index (χ1v) is 5.76. The smallest absolute Gasteiger partial charge is 0.140 e. The van der Waals surface area contributed by atoms with Crippen LogP contribution in [-0.4, -0.2) is 18.9 Å². The van der Waals surface area contributed by atoms with Crippen molar-refractivity contribution in [2.75, 3.05) is 13.1 Å². The number of rotatable bonds is 4. The van der Waals surface area contributed by atoms with Crippen molar-refractivity contribution in [1.29, 1.82) is 0 Å². The van der Waals surface area contributed by atoms with Crippen molar-refractivity contribution >= 4 is 5.78 Å². The Labute approximate surface area is 99.0 Å². The van der Waals surface area contributed by atoms with Crippen molar-refractivity contribution in [3.8, 4) is 0 Å². The molecule has 1 heterocycles. The van der Waals surface area contributed by atoms with Crippen LogP contribution in [0.2, 0.25) is 0 Å². The predicted octanol–water partition coefficient (Wildman–Crippen LogP) is 1.93. The second kappa shape index (κ2) is 4.92. The zero-order valence-electron chi connectivity index (χ0n) is 9.67. The molecule has 4 heteroatoms. The molecule has 1 aromatic carbocycles. The van der Waals surface area contributed by atoms with Crippen molar-refractivity contribution in [2.24, 2.45) is 11.8 Å². The van der Waals surface area contributed by atoms with Gasteiger partial charge in [-0.15, -0.1) is 0 Å². The van der Waals surface area contributed by atoms with E-state index in [0.29, 0.717) is 5.92 Å². The second-order valence-corrected chi connectivity index (χ2v) is 4.55. The van der Waals surface area contributed by atoms with Gasteiger partial charge in [-0.3, -0.25) is 4.79 Å². The van der Waals surface area contributed by atoms with Crippen LogP contribution in [0.3, 0.4) is 0 Å². The van der Waals surface area contributed by atoms with Gasteiger partial charge in [0, 0.05) is 17.9 Å². The van der Waals surface area contributed by atoms with Gasteiger partial charge in [0.25, 0.3) is 0 Å². The fraction of sp³-hybridized carbons (Fsp3) is 0.462. The lowest BCUT2D eigenvalue weighted by Crippen LogP contribution is -2.47. The molecule has 1 aliphatic heterocycles. The van der Waals surface area contributed by atoms with E-state index in [-0.39, 0.29) is 23.7 Å². The minimum absolute atomic E-state index is 0.0968. The zero-order valence-corrected chi connectivity index (χ0v) is 9.67. The van der Waals surface area contributed by atoms with Crippen molar-refractivity contribution < 1.29 is 13.6 Å². The van der Waals surface area contributed by atoms with Gasteiger partial charge in [0.2, 0.25) is 0 Å². The van der Waals surface area contributed by atoms with E-state index in [9.17, 15) is 13.6 Å². The molecule has 0 spiro atoms. The highest BCUT2D eigenvalue weighted by atomic mass is 19.1. The maximum Gasteiger partial charge on any atom is 0.140 e. The van der Waals surface area contributed by atoms with E-state index in [2.05, 4.69) is 5.32 Å². The topological polar surface area (TPSA) is 29.1 Å². The van der Waals surface area contributed by atoms with Crippen molar-refractivity contribution in [3.63, 3.8) is 0 Å². The van der Waals surface area contributed by atoms with Gasteiger partial charge in [0.15, 0.2) is 0 Å². The van der Waals surface area contributed by atoms with Crippen LogP contribution in [0.5, 0.6) is 0 Å². The lowest BCUT2D eigenvalue weighted by atomic mass is 9.84. The van der Waals surface area contributed by atoms with E-state index in [1.807, 2.05) is 6.92 Å². The highest BCUT2D eigenvalue weighted by molar-refractivity contribution is 5.83. The molecule has 92 valence electrons. The summed E-state index contributed by atoms with van der Waals surface area (Å²) in [5.74, 6) is -1.22. The van der Waals surface area contributed by atoms with Crippen LogP contribution >= 0.6 is 0 Å². The van der Waals surface area contributed by atoms with Crippen molar-refractivity contribution in [3.05, 3.63) is 35.4 Å². The monoisotopic (exact) mass is 239 g/mol. The molecule has 2 rings (SSSR count). The SMILES string of the molecule is CC(C(=O)Cc1c(F)cccc1F)C1CNC1. The Morgan fingerprint density at radius 3 is 2.47 bits per heavy atom. The van der Waals surface area contributed by atoms with Crippen LogP contribution < -0.4 is 5.32 Å². The summed E-state index contributed by atoms with van der Waals surface area (Å²) in [6.07, 6.45) is -0.157. The molecule has 0 saturated carbocycles. The highest BCUT2D eigenvalue weighted by Gasteiger charge is 2.29. The Balaban J connectivity index is 2.07. The molecule has 1 saturated heterocycles. The minimum Gasteiger partial charge on any atom is -0.316 e. The number of benzene rings is 1. The number of carbonyl (C=O) groups excluding carboxylic acids is 1. The van der Waals surface area contributed by atoms with Crippen LogP contribution in [0.25, 0.3) is 0 Å². The van der Waals surface area contributed by atoms with E-state index in [1.54, 1.807) is 0 Å². The molecular formula is C13H15F2NO. The van der Waals surface area contributed by atoms with Crippen molar-refractivity contribution in [1.82, 2.24) is 5.32 Å². The van der Waals surface area contributed by atoms with Gasteiger partial charge in [0.1, 0.15) is 17.4 Å². The molecule has 1 unspecified atom stereocenters. The first kappa shape index (κ1) is 12.2. The van der Waals surface area contributed by atoms with E-state index in [0.717, 1.165) is 13.1 Å². The summed E-state index contributed by atoms with van der Waals surface area (Å²) in [7, 11) is 0. The molecule has 1 N–H and O–H groups in total. The number of Topliss-reactive ketones (excluding diaryl/α,β-unsaturated/α-hetero) is 1. The molecular weight excluding hydrogens is 224 g/mol. The third-order valence-corrected chi connectivity index (χ3v) is 3.44. The summed E-state index contributed by atoms with van der Waals surface area (Å²) < 4.78 is 26.7. The summed E-state index contributed by atoms with van der Waals surface area (Å²) in [6, 6.07) is 3.67. The highest BCUT2D eigenvalue weighted by Crippen LogP contribution is 2.20. The van der Waals surface area contributed by atoms with Crippen molar-refractivity contribution in [2.45, 2.75) is 13.3 Å². The van der Waals surface area contributed by atoms with E-state index >= 15 is 0 Å². The molecule has 1 fully saturated rings. The normalized spacial score (nSPS) is 17.6. The van der Waals surface area contributed by atoms with Crippen LogP contribution in [0, 0.1) is 23.5 Å². The third kappa shape index (κ3) is 2.52. The number of ketones is 1. The minimum atomic E-state index is -0.641. The molecule has 1 atom stereocenters. The fourth-order valence-electron chi connectivity index (χ4n) is 1.96.